The Kier molecular flexibility index (Phi) is 24.4. The van der Waals surface area contributed by atoms with Gasteiger partial charge in [-0.05, 0) is 224 Å². The van der Waals surface area contributed by atoms with Gasteiger partial charge >= 0.3 is 0 Å². The summed E-state index contributed by atoms with van der Waals surface area (Å²) < 4.78 is 0. The van der Waals surface area contributed by atoms with Crippen LogP contribution in [0.4, 0.5) is 0 Å². The van der Waals surface area contributed by atoms with E-state index in [1.807, 2.05) is 125 Å². The lowest BCUT2D eigenvalue weighted by Gasteiger charge is -2.02. The molecule has 0 radical (unpaired) electrons. The van der Waals surface area contributed by atoms with Crippen LogP contribution in [0.15, 0.2) is 157 Å². The number of thiophene rings is 11. The molecule has 2 aromatic carbocycles. The van der Waals surface area contributed by atoms with E-state index >= 15 is 0 Å². The van der Waals surface area contributed by atoms with Crippen LogP contribution in [0.25, 0.3) is 120 Å². The molecule has 11 aromatic heterocycles. The van der Waals surface area contributed by atoms with Gasteiger partial charge in [-0.15, -0.1) is 125 Å². The number of unbranched alkanes of at least 4 members (excludes halogenated alkanes) is 11. The molecule has 0 aliphatic carbocycles. The zero-order valence-electron chi connectivity index (χ0n) is 56.5. The second kappa shape index (κ2) is 33.8. The molecular formula is C85H88S11. The van der Waals surface area contributed by atoms with Crippen LogP contribution in [0.1, 0.15) is 182 Å². The van der Waals surface area contributed by atoms with Gasteiger partial charge in [-0.3, -0.25) is 0 Å². The minimum absolute atomic E-state index is 1.11. The molecule has 0 amide bonds. The van der Waals surface area contributed by atoms with Crippen molar-refractivity contribution >= 4 is 137 Å². The van der Waals surface area contributed by atoms with Gasteiger partial charge in [0.25, 0.3) is 0 Å². The molecule has 11 heteroatoms. The Labute approximate surface area is 616 Å². The van der Waals surface area contributed by atoms with Crippen molar-refractivity contribution in [1.29, 1.82) is 0 Å². The van der Waals surface area contributed by atoms with Crippen LogP contribution in [-0.4, -0.2) is 0 Å². The first-order chi connectivity index (χ1) is 47.2. The molecule has 0 nitrogen and oxygen atoms in total. The molecule has 0 fully saturated rings. The largest absolute Gasteiger partial charge is 0.143 e. The van der Waals surface area contributed by atoms with Crippen LogP contribution in [0, 0.1) is 6.92 Å². The molecule has 96 heavy (non-hydrogen) atoms. The zero-order chi connectivity index (χ0) is 65.7. The van der Waals surface area contributed by atoms with Crippen LogP contribution < -0.4 is 0 Å². The van der Waals surface area contributed by atoms with Gasteiger partial charge < -0.3 is 0 Å². The third-order valence-electron chi connectivity index (χ3n) is 18.2. The standard InChI is InChI=1S/C85H88S11/c1-7-12-17-20-25-60-50-51-86-81(60)72-45-40-68(88-72)69-42-49-76(90-69)85-64(27-22-19-14-9-3)55-80(96-85)78-53-62(24-16-11-5)83(94-78)74-48-44-71(92-74)70-43-47-73(91-70)82-61(23-15-10-4)52-77(93-82)79-54-63(26-21-18-13-8-2)84(95-79)75-46-41-67(89-75)66-39-38-65(87-66)59-36-34-58(35-37-59)33-32-57-30-28-56(6)29-31-57/h28-55H,7-27H2,1-6H3/b33-32+. The molecular weight excluding hydrogens is 1370 g/mol. The minimum atomic E-state index is 1.11. The van der Waals surface area contributed by atoms with E-state index in [2.05, 4.69) is 211 Å². The molecule has 0 atom stereocenters. The van der Waals surface area contributed by atoms with Gasteiger partial charge in [0.15, 0.2) is 0 Å². The SMILES string of the molecule is CCCCCCc1ccsc1-c1ccc(-c2ccc(-c3sc(-c4cc(CCCC)c(-c5ccc(-c6ccc(-c7sc(-c8cc(CCCCCC)c(-c9ccc(-c%10ccc(-c%11ccc(/C=C/c%12ccc(C)cc%12)cc%11)s%10)s9)s8)cc7CCCC)s6)s5)s4)cc3CCCCCC)s2)s1. The lowest BCUT2D eigenvalue weighted by atomic mass is 10.1. The van der Waals surface area contributed by atoms with E-state index in [1.54, 1.807) is 0 Å². The number of aryl methyl sites for hydroxylation is 6. The lowest BCUT2D eigenvalue weighted by Crippen LogP contribution is -1.85. The van der Waals surface area contributed by atoms with Gasteiger partial charge in [0.05, 0.1) is 0 Å². The molecule has 0 saturated heterocycles. The van der Waals surface area contributed by atoms with Crippen molar-refractivity contribution in [3.05, 3.63) is 202 Å². The maximum absolute atomic E-state index is 2.59. The number of rotatable bonds is 34. The number of hydrogen-bond donors (Lipinski definition) is 0. The van der Waals surface area contributed by atoms with E-state index in [0.717, 1.165) is 25.7 Å². The number of hydrogen-bond acceptors (Lipinski definition) is 11. The van der Waals surface area contributed by atoms with Crippen molar-refractivity contribution < 1.29 is 0 Å². The Morgan fingerprint density at radius 2 is 0.531 bits per heavy atom. The van der Waals surface area contributed by atoms with Crippen LogP contribution in [0.3, 0.4) is 0 Å². The monoisotopic (exact) mass is 1460 g/mol. The minimum Gasteiger partial charge on any atom is -0.143 e. The third-order valence-corrected chi connectivity index (χ3v) is 32.3. The van der Waals surface area contributed by atoms with Crippen molar-refractivity contribution in [2.45, 2.75) is 176 Å². The molecule has 0 unspecified atom stereocenters. The predicted molar refractivity (Wildman–Crippen MR) is 444 cm³/mol. The van der Waals surface area contributed by atoms with Crippen molar-refractivity contribution in [3.8, 4) is 108 Å². The number of benzene rings is 2. The molecule has 0 spiro atoms. The molecule has 13 aromatic rings. The van der Waals surface area contributed by atoms with Crippen molar-refractivity contribution in [2.75, 3.05) is 0 Å². The Balaban J connectivity index is 0.738. The average Bonchev–Trinajstić information content (AvgIpc) is 1.64. The average molecular weight is 1460 g/mol. The Hall–Kier alpha value is -5.12. The van der Waals surface area contributed by atoms with Crippen LogP contribution in [0.5, 0.6) is 0 Å². The van der Waals surface area contributed by atoms with E-state index < -0.39 is 0 Å². The molecule has 0 bridgehead atoms. The fraction of sp³-hybridized carbons (Fsp3) is 0.318. The topological polar surface area (TPSA) is 0 Å². The quantitative estimate of drug-likeness (QED) is 0.0279. The Morgan fingerprint density at radius 1 is 0.240 bits per heavy atom. The van der Waals surface area contributed by atoms with Gasteiger partial charge in [0.2, 0.25) is 0 Å². The van der Waals surface area contributed by atoms with Crippen LogP contribution >= 0.6 is 125 Å². The Morgan fingerprint density at radius 3 is 0.885 bits per heavy atom. The van der Waals surface area contributed by atoms with Gasteiger partial charge in [0, 0.05) is 102 Å². The van der Waals surface area contributed by atoms with Crippen LogP contribution in [-0.2, 0) is 32.1 Å². The van der Waals surface area contributed by atoms with Gasteiger partial charge in [0.1, 0.15) is 0 Å². The molecule has 11 heterocycles. The smallest absolute Gasteiger partial charge is 0.0481 e. The first-order valence-electron chi connectivity index (χ1n) is 35.3. The molecule has 0 N–H and O–H groups in total. The second-order valence-corrected chi connectivity index (χ2v) is 37.3. The van der Waals surface area contributed by atoms with E-state index in [1.165, 1.54) is 262 Å². The zero-order valence-corrected chi connectivity index (χ0v) is 65.5. The van der Waals surface area contributed by atoms with Crippen molar-refractivity contribution in [2.24, 2.45) is 0 Å². The molecule has 0 aliphatic rings. The van der Waals surface area contributed by atoms with Gasteiger partial charge in [-0.25, -0.2) is 0 Å². The normalized spacial score (nSPS) is 11.9. The van der Waals surface area contributed by atoms with Gasteiger partial charge in [-0.2, -0.15) is 0 Å². The summed E-state index contributed by atoms with van der Waals surface area (Å²) in [7, 11) is 0. The molecule has 13 rings (SSSR count). The van der Waals surface area contributed by atoms with Gasteiger partial charge in [-0.1, -0.05) is 171 Å². The highest BCUT2D eigenvalue weighted by molar-refractivity contribution is 7.33. The third kappa shape index (κ3) is 16.8. The second-order valence-electron chi connectivity index (χ2n) is 25.6. The summed E-state index contributed by atoms with van der Waals surface area (Å²) >= 11 is 21.9. The Bertz CT molecular complexity index is 4600. The lowest BCUT2D eigenvalue weighted by molar-refractivity contribution is 0.668. The first kappa shape index (κ1) is 69.4. The summed E-state index contributed by atoms with van der Waals surface area (Å²) in [6.45, 7) is 13.8. The highest BCUT2D eigenvalue weighted by Gasteiger charge is 2.24. The van der Waals surface area contributed by atoms with E-state index in [-0.39, 0.29) is 0 Å². The van der Waals surface area contributed by atoms with E-state index in [4.69, 9.17) is 0 Å². The summed E-state index contributed by atoms with van der Waals surface area (Å²) in [5.41, 5.74) is 12.6. The first-order valence-corrected chi connectivity index (χ1v) is 44.3. The molecule has 494 valence electrons. The summed E-state index contributed by atoms with van der Waals surface area (Å²) in [6.07, 6.45) is 30.3. The highest BCUT2D eigenvalue weighted by atomic mass is 32.1. The summed E-state index contributed by atoms with van der Waals surface area (Å²) in [4.78, 5) is 29.7. The maximum Gasteiger partial charge on any atom is 0.0481 e. The molecule has 0 saturated carbocycles. The predicted octanol–water partition coefficient (Wildman–Crippen LogP) is 32.2. The van der Waals surface area contributed by atoms with Crippen molar-refractivity contribution in [3.63, 3.8) is 0 Å². The fourth-order valence-corrected chi connectivity index (χ4v) is 25.7. The fourth-order valence-electron chi connectivity index (χ4n) is 12.7. The van der Waals surface area contributed by atoms with Crippen LogP contribution in [0.2, 0.25) is 0 Å². The van der Waals surface area contributed by atoms with E-state index in [9.17, 15) is 0 Å². The highest BCUT2D eigenvalue weighted by Crippen LogP contribution is 2.53. The van der Waals surface area contributed by atoms with E-state index in [0.29, 0.717) is 0 Å². The summed E-state index contributed by atoms with van der Waals surface area (Å²) in [6, 6.07) is 59.1. The van der Waals surface area contributed by atoms with Crippen molar-refractivity contribution in [1.82, 2.24) is 0 Å². The summed E-state index contributed by atoms with van der Waals surface area (Å²) in [5.74, 6) is 0. The summed E-state index contributed by atoms with van der Waals surface area (Å²) in [5, 5.41) is 2.30. The molecule has 0 aliphatic heterocycles. The maximum atomic E-state index is 2.59.